The molecule has 1 heterocycles. The first-order valence-electron chi connectivity index (χ1n) is 7.66. The fourth-order valence-corrected chi connectivity index (χ4v) is 3.67. The number of methoxy groups -OCH3 is 1. The van der Waals surface area contributed by atoms with Crippen LogP contribution in [0.15, 0.2) is 24.3 Å². The first kappa shape index (κ1) is 16.6. The summed E-state index contributed by atoms with van der Waals surface area (Å²) in [5, 5.41) is 2.97. The number of anilines is 1. The summed E-state index contributed by atoms with van der Waals surface area (Å²) in [6.07, 6.45) is 3.10. The average Bonchev–Trinajstić information content (AvgIpc) is 2.91. The summed E-state index contributed by atoms with van der Waals surface area (Å²) in [4.78, 5) is 14.6. The lowest BCUT2D eigenvalue weighted by molar-refractivity contribution is 0.103. The minimum absolute atomic E-state index is 0.0639. The second-order valence-electron chi connectivity index (χ2n) is 5.32. The van der Waals surface area contributed by atoms with Gasteiger partial charge in [-0.1, -0.05) is 26.3 Å². The second kappa shape index (κ2) is 7.45. The minimum atomic E-state index is -0.0639. The zero-order valence-electron chi connectivity index (χ0n) is 13.7. The number of carbonyl (C=O) groups excluding carboxylic acids is 1. The number of ether oxygens (including phenoxy) is 1. The van der Waals surface area contributed by atoms with E-state index in [9.17, 15) is 4.79 Å². The monoisotopic (exact) mass is 317 g/mol. The zero-order chi connectivity index (χ0) is 16.1. The van der Waals surface area contributed by atoms with E-state index >= 15 is 0 Å². The lowest BCUT2D eigenvalue weighted by atomic mass is 10.1. The topological polar surface area (TPSA) is 38.3 Å². The van der Waals surface area contributed by atoms with Crippen molar-refractivity contribution in [2.75, 3.05) is 12.4 Å². The highest BCUT2D eigenvalue weighted by Gasteiger charge is 2.15. The van der Waals surface area contributed by atoms with Crippen molar-refractivity contribution in [3.8, 4) is 5.75 Å². The molecule has 0 aliphatic heterocycles. The van der Waals surface area contributed by atoms with Crippen molar-refractivity contribution in [1.82, 2.24) is 0 Å². The number of amides is 1. The maximum absolute atomic E-state index is 12.5. The third kappa shape index (κ3) is 3.69. The van der Waals surface area contributed by atoms with Crippen LogP contribution in [0.1, 0.15) is 45.9 Å². The van der Waals surface area contributed by atoms with Crippen LogP contribution >= 0.6 is 11.3 Å². The maximum atomic E-state index is 12.5. The summed E-state index contributed by atoms with van der Waals surface area (Å²) in [7, 11) is 1.61. The Morgan fingerprint density at radius 3 is 2.68 bits per heavy atom. The Kier molecular flexibility index (Phi) is 5.61. The van der Waals surface area contributed by atoms with Crippen LogP contribution in [-0.4, -0.2) is 13.0 Å². The largest absolute Gasteiger partial charge is 0.495 e. The van der Waals surface area contributed by atoms with Crippen LogP contribution in [0.2, 0.25) is 0 Å². The fourth-order valence-electron chi connectivity index (χ4n) is 2.42. The molecule has 0 unspecified atom stereocenters. The van der Waals surface area contributed by atoms with E-state index in [-0.39, 0.29) is 5.91 Å². The first-order valence-corrected chi connectivity index (χ1v) is 8.48. The third-order valence-corrected chi connectivity index (χ3v) is 4.82. The molecule has 4 heteroatoms. The number of rotatable bonds is 6. The van der Waals surface area contributed by atoms with Crippen LogP contribution < -0.4 is 10.1 Å². The number of hydrogen-bond donors (Lipinski definition) is 1. The van der Waals surface area contributed by atoms with Gasteiger partial charge in [-0.05, 0) is 49.1 Å². The van der Waals surface area contributed by atoms with Gasteiger partial charge in [-0.15, -0.1) is 11.3 Å². The number of nitrogens with one attached hydrogen (secondary N) is 1. The van der Waals surface area contributed by atoms with E-state index in [2.05, 4.69) is 19.2 Å². The minimum Gasteiger partial charge on any atom is -0.495 e. The Morgan fingerprint density at radius 1 is 1.27 bits per heavy atom. The molecule has 0 aliphatic rings. The van der Waals surface area contributed by atoms with Gasteiger partial charge in [0.05, 0.1) is 17.7 Å². The van der Waals surface area contributed by atoms with E-state index in [4.69, 9.17) is 4.74 Å². The molecule has 1 amide bonds. The van der Waals surface area contributed by atoms with Crippen LogP contribution in [0.25, 0.3) is 0 Å². The van der Waals surface area contributed by atoms with Crippen LogP contribution in [0.3, 0.4) is 0 Å². The van der Waals surface area contributed by atoms with Gasteiger partial charge in [-0.25, -0.2) is 0 Å². The smallest absolute Gasteiger partial charge is 0.265 e. The van der Waals surface area contributed by atoms with Crippen LogP contribution in [-0.2, 0) is 12.8 Å². The lowest BCUT2D eigenvalue weighted by Gasteiger charge is -2.10. The molecule has 0 fully saturated rings. The predicted octanol–water partition coefficient (Wildman–Crippen LogP) is 4.83. The highest BCUT2D eigenvalue weighted by Crippen LogP contribution is 2.28. The quantitative estimate of drug-likeness (QED) is 0.828. The molecule has 1 aromatic heterocycles. The molecule has 0 bridgehead atoms. The van der Waals surface area contributed by atoms with Crippen molar-refractivity contribution in [1.29, 1.82) is 0 Å². The Morgan fingerprint density at radius 2 is 2.05 bits per heavy atom. The normalized spacial score (nSPS) is 10.5. The Bertz CT molecular complexity index is 661. The number of hydrogen-bond acceptors (Lipinski definition) is 3. The first-order chi connectivity index (χ1) is 10.6. The molecule has 118 valence electrons. The molecular weight excluding hydrogens is 294 g/mol. The Balaban J connectivity index is 2.24. The van der Waals surface area contributed by atoms with Crippen molar-refractivity contribution >= 4 is 22.9 Å². The van der Waals surface area contributed by atoms with E-state index in [1.165, 1.54) is 10.4 Å². The summed E-state index contributed by atoms with van der Waals surface area (Å²) in [6.45, 7) is 6.29. The average molecular weight is 317 g/mol. The molecular formula is C18H23NO2S. The lowest BCUT2D eigenvalue weighted by Crippen LogP contribution is -2.11. The maximum Gasteiger partial charge on any atom is 0.265 e. The van der Waals surface area contributed by atoms with Gasteiger partial charge in [0.15, 0.2) is 0 Å². The summed E-state index contributed by atoms with van der Waals surface area (Å²) in [5.41, 5.74) is 3.09. The van der Waals surface area contributed by atoms with Crippen molar-refractivity contribution in [3.63, 3.8) is 0 Å². The van der Waals surface area contributed by atoms with E-state index in [0.29, 0.717) is 5.75 Å². The molecule has 1 N–H and O–H groups in total. The van der Waals surface area contributed by atoms with E-state index in [0.717, 1.165) is 35.4 Å². The van der Waals surface area contributed by atoms with Gasteiger partial charge >= 0.3 is 0 Å². The Hall–Kier alpha value is -1.81. The summed E-state index contributed by atoms with van der Waals surface area (Å²) in [6, 6.07) is 7.79. The SMILES string of the molecule is CCCc1sc(C(=O)Nc2cc(C)ccc2OC)cc1CC. The Labute approximate surface area is 136 Å². The van der Waals surface area contributed by atoms with Crippen LogP contribution in [0.5, 0.6) is 5.75 Å². The van der Waals surface area contributed by atoms with Gasteiger partial charge in [0, 0.05) is 4.88 Å². The molecule has 2 aromatic rings. The van der Waals surface area contributed by atoms with E-state index in [1.807, 2.05) is 31.2 Å². The molecule has 0 radical (unpaired) electrons. The van der Waals surface area contributed by atoms with Crippen LogP contribution in [0.4, 0.5) is 5.69 Å². The number of thiophene rings is 1. The molecule has 0 saturated carbocycles. The zero-order valence-corrected chi connectivity index (χ0v) is 14.5. The van der Waals surface area contributed by atoms with Gasteiger partial charge in [-0.2, -0.15) is 0 Å². The number of carbonyl (C=O) groups is 1. The van der Waals surface area contributed by atoms with Crippen molar-refractivity contribution < 1.29 is 9.53 Å². The van der Waals surface area contributed by atoms with Gasteiger partial charge in [0.2, 0.25) is 0 Å². The summed E-state index contributed by atoms with van der Waals surface area (Å²) < 4.78 is 5.31. The standard InChI is InChI=1S/C18H23NO2S/c1-5-7-16-13(6-2)11-17(22-16)18(20)19-14-10-12(3)8-9-15(14)21-4/h8-11H,5-7H2,1-4H3,(H,19,20). The molecule has 3 nitrogen and oxygen atoms in total. The second-order valence-corrected chi connectivity index (χ2v) is 6.46. The van der Waals surface area contributed by atoms with Crippen molar-refractivity contribution in [2.24, 2.45) is 0 Å². The van der Waals surface area contributed by atoms with E-state index in [1.54, 1.807) is 18.4 Å². The van der Waals surface area contributed by atoms with Gasteiger partial charge < -0.3 is 10.1 Å². The molecule has 22 heavy (non-hydrogen) atoms. The molecule has 0 spiro atoms. The highest BCUT2D eigenvalue weighted by atomic mass is 32.1. The van der Waals surface area contributed by atoms with Crippen molar-refractivity contribution in [3.05, 3.63) is 45.1 Å². The van der Waals surface area contributed by atoms with Gasteiger partial charge in [0.1, 0.15) is 5.75 Å². The predicted molar refractivity (Wildman–Crippen MR) is 93.4 cm³/mol. The summed E-state index contributed by atoms with van der Waals surface area (Å²) in [5.74, 6) is 0.617. The number of aryl methyl sites for hydroxylation is 3. The van der Waals surface area contributed by atoms with Crippen molar-refractivity contribution in [2.45, 2.75) is 40.0 Å². The molecule has 0 atom stereocenters. The molecule has 1 aromatic carbocycles. The number of benzene rings is 1. The molecule has 2 rings (SSSR count). The van der Waals surface area contributed by atoms with E-state index < -0.39 is 0 Å². The fraction of sp³-hybridized carbons (Fsp3) is 0.389. The van der Waals surface area contributed by atoms with Gasteiger partial charge in [-0.3, -0.25) is 4.79 Å². The van der Waals surface area contributed by atoms with Crippen LogP contribution in [0, 0.1) is 6.92 Å². The molecule has 0 saturated heterocycles. The van der Waals surface area contributed by atoms with Gasteiger partial charge in [0.25, 0.3) is 5.91 Å². The third-order valence-electron chi connectivity index (χ3n) is 3.58. The highest BCUT2D eigenvalue weighted by molar-refractivity contribution is 7.14. The molecule has 0 aliphatic carbocycles. The summed E-state index contributed by atoms with van der Waals surface area (Å²) >= 11 is 1.60.